The van der Waals surface area contributed by atoms with Crippen LogP contribution in [0.3, 0.4) is 0 Å². The number of fused-ring (bicyclic) bond motifs is 1. The van der Waals surface area contributed by atoms with Gasteiger partial charge in [0, 0.05) is 19.5 Å². The van der Waals surface area contributed by atoms with Crippen LogP contribution in [0.25, 0.3) is 5.65 Å². The largest absolute Gasteiger partial charge is 0.444 e. The number of hydrogen-bond donors (Lipinski definition) is 0. The molecule has 0 bridgehead atoms. The fourth-order valence-corrected chi connectivity index (χ4v) is 2.97. The van der Waals surface area contributed by atoms with Gasteiger partial charge in [-0.2, -0.15) is 10.00 Å². The third kappa shape index (κ3) is 8.64. The summed E-state index contributed by atoms with van der Waals surface area (Å²) < 4.78 is 17.8. The minimum atomic E-state index is -0.908. The number of amides is 3. The van der Waals surface area contributed by atoms with E-state index in [1.165, 1.54) is 27.9 Å². The van der Waals surface area contributed by atoms with Crippen LogP contribution in [-0.2, 0) is 14.2 Å². The van der Waals surface area contributed by atoms with Gasteiger partial charge in [0.2, 0.25) is 0 Å². The molecule has 38 heavy (non-hydrogen) atoms. The molecule has 0 saturated carbocycles. The van der Waals surface area contributed by atoms with E-state index in [2.05, 4.69) is 21.9 Å². The van der Waals surface area contributed by atoms with Crippen molar-refractivity contribution in [2.24, 2.45) is 0 Å². The number of carbonyl (C=O) groups is 3. The Kier molecular flexibility index (Phi) is 9.04. The van der Waals surface area contributed by atoms with Gasteiger partial charge in [-0.3, -0.25) is 0 Å². The van der Waals surface area contributed by atoms with E-state index in [1.807, 2.05) is 27.7 Å². The molecule has 2 aromatic rings. The molecule has 0 fully saturated rings. The summed E-state index contributed by atoms with van der Waals surface area (Å²) in [6.45, 7) is 17.5. The predicted molar refractivity (Wildman–Crippen MR) is 143 cm³/mol. The smallest absolute Gasteiger partial charge is 0.424 e. The van der Waals surface area contributed by atoms with Gasteiger partial charge in [-0.15, -0.1) is 0 Å². The van der Waals surface area contributed by atoms with Crippen LogP contribution in [0.1, 0.15) is 81.4 Å². The van der Waals surface area contributed by atoms with Crippen LogP contribution >= 0.6 is 0 Å². The number of hydrogen-bond acceptors (Lipinski definition) is 8. The van der Waals surface area contributed by atoms with Crippen LogP contribution in [0.15, 0.2) is 18.5 Å². The van der Waals surface area contributed by atoms with E-state index in [4.69, 9.17) is 14.2 Å². The van der Waals surface area contributed by atoms with Crippen molar-refractivity contribution in [1.82, 2.24) is 19.5 Å². The zero-order chi connectivity index (χ0) is 29.1. The van der Waals surface area contributed by atoms with Crippen LogP contribution in [0.5, 0.6) is 0 Å². The Morgan fingerprint density at radius 2 is 1.42 bits per heavy atom. The Balaban J connectivity index is 2.37. The lowest BCUT2D eigenvalue weighted by Crippen LogP contribution is -2.44. The van der Waals surface area contributed by atoms with E-state index in [0.717, 1.165) is 4.90 Å². The van der Waals surface area contributed by atoms with Crippen molar-refractivity contribution in [1.29, 1.82) is 0 Å². The van der Waals surface area contributed by atoms with Gasteiger partial charge in [-0.1, -0.05) is 5.92 Å². The molecule has 0 radical (unpaired) electrons. The van der Waals surface area contributed by atoms with Gasteiger partial charge in [-0.25, -0.2) is 23.9 Å². The first-order chi connectivity index (χ1) is 17.3. The Labute approximate surface area is 224 Å². The third-order valence-corrected chi connectivity index (χ3v) is 4.73. The molecular formula is C27H39N5O6. The molecule has 2 rings (SSSR count). The van der Waals surface area contributed by atoms with Crippen LogP contribution in [0.2, 0.25) is 0 Å². The number of anilines is 1. The van der Waals surface area contributed by atoms with Crippen molar-refractivity contribution >= 4 is 29.6 Å². The van der Waals surface area contributed by atoms with Crippen molar-refractivity contribution < 1.29 is 28.6 Å². The van der Waals surface area contributed by atoms with Gasteiger partial charge in [0.1, 0.15) is 28.2 Å². The Morgan fingerprint density at radius 1 is 0.921 bits per heavy atom. The Bertz CT molecular complexity index is 1210. The maximum atomic E-state index is 13.1. The van der Waals surface area contributed by atoms with Gasteiger partial charge in [0.15, 0.2) is 5.65 Å². The standard InChI is InChI=1S/C27H39N5O6/c1-18(30(11)22(33)36-25(2,3)4)13-12-14-19-17-28-21-20(15-16-29-32(19)21)31(23(34)37-26(5,6)7)24(35)38-27(8,9)10/h15-18H,13H2,1-11H3/t18-/m0/s1. The number of imidazole rings is 1. The first-order valence-corrected chi connectivity index (χ1v) is 12.3. The topological polar surface area (TPSA) is 116 Å². The van der Waals surface area contributed by atoms with Crippen LogP contribution in [-0.4, -0.2) is 67.7 Å². The predicted octanol–water partition coefficient (Wildman–Crippen LogP) is 5.40. The van der Waals surface area contributed by atoms with E-state index in [0.29, 0.717) is 12.1 Å². The Morgan fingerprint density at radius 3 is 1.92 bits per heavy atom. The third-order valence-electron chi connectivity index (χ3n) is 4.73. The fourth-order valence-electron chi connectivity index (χ4n) is 2.97. The highest BCUT2D eigenvalue weighted by Gasteiger charge is 2.34. The Hall–Kier alpha value is -3.81. The first-order valence-electron chi connectivity index (χ1n) is 12.3. The summed E-state index contributed by atoms with van der Waals surface area (Å²) in [5.41, 5.74) is -1.51. The van der Waals surface area contributed by atoms with Gasteiger partial charge >= 0.3 is 18.3 Å². The quantitative estimate of drug-likeness (QED) is 0.383. The molecular weight excluding hydrogens is 490 g/mol. The lowest BCUT2D eigenvalue weighted by Gasteiger charge is -2.28. The summed E-state index contributed by atoms with van der Waals surface area (Å²) in [5.74, 6) is 6.04. The van der Waals surface area contributed by atoms with Crippen molar-refractivity contribution in [3.8, 4) is 11.8 Å². The molecule has 11 nitrogen and oxygen atoms in total. The molecule has 0 unspecified atom stereocenters. The molecule has 0 saturated heterocycles. The highest BCUT2D eigenvalue weighted by molar-refractivity contribution is 6.11. The lowest BCUT2D eigenvalue weighted by molar-refractivity contribution is 0.0238. The minimum Gasteiger partial charge on any atom is -0.444 e. The number of nitrogens with zero attached hydrogens (tertiary/aromatic N) is 5. The summed E-state index contributed by atoms with van der Waals surface area (Å²) in [6, 6.07) is 1.26. The average molecular weight is 530 g/mol. The lowest BCUT2D eigenvalue weighted by atomic mass is 10.2. The normalized spacial score (nSPS) is 12.7. The van der Waals surface area contributed by atoms with Crippen molar-refractivity contribution in [2.75, 3.05) is 11.9 Å². The van der Waals surface area contributed by atoms with Crippen LogP contribution in [0.4, 0.5) is 20.1 Å². The van der Waals surface area contributed by atoms with E-state index >= 15 is 0 Å². The molecule has 11 heteroatoms. The van der Waals surface area contributed by atoms with E-state index in [9.17, 15) is 14.4 Å². The average Bonchev–Trinajstić information content (AvgIpc) is 3.13. The van der Waals surface area contributed by atoms with E-state index in [1.54, 1.807) is 48.6 Å². The van der Waals surface area contributed by atoms with Crippen LogP contribution < -0.4 is 4.90 Å². The summed E-state index contributed by atoms with van der Waals surface area (Å²) >= 11 is 0. The maximum Gasteiger partial charge on any atom is 0.424 e. The van der Waals surface area contributed by atoms with Gasteiger partial charge < -0.3 is 19.1 Å². The molecule has 0 aromatic carbocycles. The van der Waals surface area contributed by atoms with Crippen molar-refractivity contribution in [2.45, 2.75) is 98.5 Å². The zero-order valence-corrected chi connectivity index (χ0v) is 24.2. The van der Waals surface area contributed by atoms with Gasteiger partial charge in [0.05, 0.1) is 12.4 Å². The van der Waals surface area contributed by atoms with Crippen molar-refractivity contribution in [3.63, 3.8) is 0 Å². The molecule has 0 aliphatic carbocycles. The highest BCUT2D eigenvalue weighted by Crippen LogP contribution is 2.25. The summed E-state index contributed by atoms with van der Waals surface area (Å²) in [4.78, 5) is 45.1. The number of aromatic nitrogens is 3. The van der Waals surface area contributed by atoms with E-state index in [-0.39, 0.29) is 17.4 Å². The first kappa shape index (κ1) is 30.4. The minimum absolute atomic E-state index is 0.134. The molecule has 0 N–H and O–H groups in total. The van der Waals surface area contributed by atoms with E-state index < -0.39 is 35.1 Å². The molecule has 208 valence electrons. The summed E-state index contributed by atoms with van der Waals surface area (Å²) in [7, 11) is 1.66. The number of rotatable bonds is 3. The molecule has 0 aliphatic rings. The molecule has 3 amide bonds. The molecule has 0 aliphatic heterocycles. The second-order valence-electron chi connectivity index (χ2n) is 11.8. The maximum absolute atomic E-state index is 13.1. The second-order valence-corrected chi connectivity index (χ2v) is 11.8. The summed E-state index contributed by atoms with van der Waals surface area (Å²) in [5, 5.41) is 4.29. The summed E-state index contributed by atoms with van der Waals surface area (Å²) in [6.07, 6.45) is 1.03. The highest BCUT2D eigenvalue weighted by atomic mass is 16.6. The monoisotopic (exact) mass is 529 g/mol. The fraction of sp³-hybridized carbons (Fsp3) is 0.593. The van der Waals surface area contributed by atoms with Gasteiger partial charge in [0.25, 0.3) is 0 Å². The van der Waals surface area contributed by atoms with Crippen LogP contribution in [0, 0.1) is 11.8 Å². The molecule has 1 atom stereocenters. The SMILES string of the molecule is C[C@@H](CC#Cc1cnc2c(N(C(=O)OC(C)(C)C)C(=O)OC(C)(C)C)ccnn12)N(C)C(=O)OC(C)(C)C. The number of ether oxygens (including phenoxy) is 3. The molecule has 2 heterocycles. The van der Waals surface area contributed by atoms with Crippen molar-refractivity contribution in [3.05, 3.63) is 24.2 Å². The number of carbonyl (C=O) groups excluding carboxylic acids is 3. The molecule has 0 spiro atoms. The van der Waals surface area contributed by atoms with Gasteiger partial charge in [-0.05, 0) is 81.2 Å². The zero-order valence-electron chi connectivity index (χ0n) is 24.2. The molecule has 2 aromatic heterocycles. The second kappa shape index (κ2) is 11.3. The number of imide groups is 1.